The van der Waals surface area contributed by atoms with Crippen molar-refractivity contribution in [2.75, 3.05) is 6.54 Å². The predicted octanol–water partition coefficient (Wildman–Crippen LogP) is 1.96. The molecule has 142 valence electrons. The quantitative estimate of drug-likeness (QED) is 0.796. The van der Waals surface area contributed by atoms with Crippen molar-refractivity contribution in [1.29, 1.82) is 0 Å². The molecule has 2 aromatic rings. The van der Waals surface area contributed by atoms with Crippen molar-refractivity contribution in [2.24, 2.45) is 0 Å². The van der Waals surface area contributed by atoms with Gasteiger partial charge in [-0.05, 0) is 46.2 Å². The van der Waals surface area contributed by atoms with E-state index in [1.165, 1.54) is 10.4 Å². The number of aryl methyl sites for hydroxylation is 1. The van der Waals surface area contributed by atoms with Gasteiger partial charge in [-0.15, -0.1) is 0 Å². The van der Waals surface area contributed by atoms with Crippen LogP contribution in [-0.4, -0.2) is 47.5 Å². The van der Waals surface area contributed by atoms with Crippen LogP contribution in [0.1, 0.15) is 37.9 Å². The Kier molecular flexibility index (Phi) is 4.94. The molecule has 0 saturated carbocycles. The molecule has 0 aromatic carbocycles. The number of furan rings is 1. The summed E-state index contributed by atoms with van der Waals surface area (Å²) in [5, 5.41) is 9.74. The molecule has 1 aliphatic rings. The summed E-state index contributed by atoms with van der Waals surface area (Å²) in [6.07, 6.45) is 1.06. The van der Waals surface area contributed by atoms with Gasteiger partial charge in [-0.2, -0.15) is 9.40 Å². The van der Waals surface area contributed by atoms with Gasteiger partial charge in [0.2, 0.25) is 11.0 Å². The number of carbonyl (C=O) groups excluding carboxylic acids is 1. The summed E-state index contributed by atoms with van der Waals surface area (Å²) in [7, 11) is -3.82. The Morgan fingerprint density at radius 1 is 1.35 bits per heavy atom. The van der Waals surface area contributed by atoms with Crippen LogP contribution in [-0.2, 0) is 14.8 Å². The van der Waals surface area contributed by atoms with Gasteiger partial charge in [0.05, 0.1) is 0 Å². The van der Waals surface area contributed by atoms with Gasteiger partial charge < -0.3 is 9.73 Å². The molecular formula is C17H24N4O4S. The molecule has 1 unspecified atom stereocenters. The number of hydrogen-bond donors (Lipinski definition) is 2. The van der Waals surface area contributed by atoms with Crippen LogP contribution in [0.4, 0.5) is 0 Å². The highest BCUT2D eigenvalue weighted by Gasteiger charge is 2.34. The van der Waals surface area contributed by atoms with E-state index in [2.05, 4.69) is 15.5 Å². The standard InChI is InChI=1S/C17H24N4O4S/c1-10(2)21(9-13-5-7-15(22)18-13)26(23,24)16-8-6-14(25-16)17-11(3)12(4)19-20-17/h6,8,10,13H,5,7,9H2,1-4H3,(H,18,22)(H,19,20). The van der Waals surface area contributed by atoms with Crippen LogP contribution in [0.5, 0.6) is 0 Å². The monoisotopic (exact) mass is 380 g/mol. The van der Waals surface area contributed by atoms with Gasteiger partial charge in [-0.25, -0.2) is 8.42 Å². The van der Waals surface area contributed by atoms with Crippen LogP contribution in [0.2, 0.25) is 0 Å². The van der Waals surface area contributed by atoms with Crippen molar-refractivity contribution in [2.45, 2.75) is 57.7 Å². The number of aromatic nitrogens is 2. The highest BCUT2D eigenvalue weighted by molar-refractivity contribution is 7.89. The fraction of sp³-hybridized carbons (Fsp3) is 0.529. The van der Waals surface area contributed by atoms with E-state index in [1.807, 2.05) is 13.8 Å². The lowest BCUT2D eigenvalue weighted by atomic mass is 10.2. The van der Waals surface area contributed by atoms with Crippen LogP contribution >= 0.6 is 0 Å². The first-order valence-electron chi connectivity index (χ1n) is 8.63. The van der Waals surface area contributed by atoms with Crippen LogP contribution in [0, 0.1) is 13.8 Å². The van der Waals surface area contributed by atoms with Gasteiger partial charge in [0.15, 0.2) is 5.76 Å². The Hall–Kier alpha value is -2.13. The molecule has 2 aromatic heterocycles. The van der Waals surface area contributed by atoms with Gasteiger partial charge in [-0.1, -0.05) is 0 Å². The van der Waals surface area contributed by atoms with Gasteiger partial charge in [0.1, 0.15) is 5.69 Å². The van der Waals surface area contributed by atoms with E-state index < -0.39 is 10.0 Å². The van der Waals surface area contributed by atoms with Crippen molar-refractivity contribution in [3.8, 4) is 11.5 Å². The maximum absolute atomic E-state index is 13.1. The molecule has 1 amide bonds. The number of H-pyrrole nitrogens is 1. The molecule has 0 radical (unpaired) electrons. The molecule has 1 atom stereocenters. The second kappa shape index (κ2) is 6.88. The highest BCUT2D eigenvalue weighted by Crippen LogP contribution is 2.29. The molecule has 0 bridgehead atoms. The zero-order chi connectivity index (χ0) is 19.1. The number of sulfonamides is 1. The summed E-state index contributed by atoms with van der Waals surface area (Å²) in [5.74, 6) is 0.365. The Labute approximate surface area is 153 Å². The lowest BCUT2D eigenvalue weighted by molar-refractivity contribution is -0.119. The van der Waals surface area contributed by atoms with E-state index in [9.17, 15) is 13.2 Å². The molecule has 2 N–H and O–H groups in total. The summed E-state index contributed by atoms with van der Waals surface area (Å²) in [5.41, 5.74) is 2.42. The smallest absolute Gasteiger partial charge is 0.276 e. The van der Waals surface area contributed by atoms with Crippen LogP contribution in [0.25, 0.3) is 11.5 Å². The van der Waals surface area contributed by atoms with Crippen molar-refractivity contribution in [3.63, 3.8) is 0 Å². The summed E-state index contributed by atoms with van der Waals surface area (Å²) < 4.78 is 33.2. The van der Waals surface area contributed by atoms with Gasteiger partial charge in [-0.3, -0.25) is 9.89 Å². The number of carbonyl (C=O) groups is 1. The zero-order valence-electron chi connectivity index (χ0n) is 15.4. The molecule has 1 saturated heterocycles. The minimum Gasteiger partial charge on any atom is -0.442 e. The number of nitrogens with zero attached hydrogens (tertiary/aromatic N) is 2. The topological polar surface area (TPSA) is 108 Å². The number of amides is 1. The number of hydrogen-bond acceptors (Lipinski definition) is 5. The fourth-order valence-electron chi connectivity index (χ4n) is 3.04. The SMILES string of the molecule is Cc1[nH]nc(-c2ccc(S(=O)(=O)N(CC3CCC(=O)N3)C(C)C)o2)c1C. The van der Waals surface area contributed by atoms with Gasteiger partial charge >= 0.3 is 0 Å². The van der Waals surface area contributed by atoms with E-state index in [1.54, 1.807) is 19.9 Å². The number of nitrogens with one attached hydrogen (secondary N) is 2. The number of aromatic amines is 1. The second-order valence-corrected chi connectivity index (χ2v) is 8.73. The second-order valence-electron chi connectivity index (χ2n) is 6.91. The molecule has 8 nitrogen and oxygen atoms in total. The molecule has 0 spiro atoms. The molecule has 0 aliphatic carbocycles. The van der Waals surface area contributed by atoms with E-state index in [-0.39, 0.29) is 29.6 Å². The third-order valence-electron chi connectivity index (χ3n) is 4.69. The van der Waals surface area contributed by atoms with Crippen molar-refractivity contribution in [1.82, 2.24) is 19.8 Å². The molecule has 9 heteroatoms. The average Bonchev–Trinajstić information content (AvgIpc) is 3.27. The van der Waals surface area contributed by atoms with E-state index in [0.29, 0.717) is 24.3 Å². The van der Waals surface area contributed by atoms with Crippen molar-refractivity contribution < 1.29 is 17.6 Å². The summed E-state index contributed by atoms with van der Waals surface area (Å²) in [6, 6.07) is 2.63. The average molecular weight is 380 g/mol. The number of rotatable bonds is 6. The zero-order valence-corrected chi connectivity index (χ0v) is 16.2. The molecule has 1 aliphatic heterocycles. The first-order chi connectivity index (χ1) is 12.2. The Morgan fingerprint density at radius 2 is 2.08 bits per heavy atom. The Bertz CT molecular complexity index is 913. The largest absolute Gasteiger partial charge is 0.442 e. The minimum atomic E-state index is -3.82. The van der Waals surface area contributed by atoms with Crippen LogP contribution < -0.4 is 5.32 Å². The lowest BCUT2D eigenvalue weighted by Crippen LogP contribution is -2.45. The predicted molar refractivity (Wildman–Crippen MR) is 96.0 cm³/mol. The summed E-state index contributed by atoms with van der Waals surface area (Å²) >= 11 is 0. The normalized spacial score (nSPS) is 18.1. The molecule has 26 heavy (non-hydrogen) atoms. The first-order valence-corrected chi connectivity index (χ1v) is 10.1. The van der Waals surface area contributed by atoms with Gasteiger partial charge in [0, 0.05) is 36.3 Å². The molecule has 3 rings (SSSR count). The maximum atomic E-state index is 13.1. The molecule has 1 fully saturated rings. The molecule has 3 heterocycles. The first kappa shape index (κ1) is 18.7. The Morgan fingerprint density at radius 3 is 2.62 bits per heavy atom. The highest BCUT2D eigenvalue weighted by atomic mass is 32.2. The summed E-state index contributed by atoms with van der Waals surface area (Å²) in [6.45, 7) is 7.62. The lowest BCUT2D eigenvalue weighted by Gasteiger charge is -2.27. The third kappa shape index (κ3) is 3.41. The van der Waals surface area contributed by atoms with Gasteiger partial charge in [0.25, 0.3) is 10.0 Å². The van der Waals surface area contributed by atoms with Crippen molar-refractivity contribution >= 4 is 15.9 Å². The maximum Gasteiger partial charge on any atom is 0.276 e. The van der Waals surface area contributed by atoms with E-state index >= 15 is 0 Å². The summed E-state index contributed by atoms with van der Waals surface area (Å²) in [4.78, 5) is 11.4. The van der Waals surface area contributed by atoms with E-state index in [0.717, 1.165) is 11.3 Å². The fourth-order valence-corrected chi connectivity index (χ4v) is 4.64. The van der Waals surface area contributed by atoms with Crippen molar-refractivity contribution in [3.05, 3.63) is 23.4 Å². The van der Waals surface area contributed by atoms with Crippen LogP contribution in [0.3, 0.4) is 0 Å². The Balaban J connectivity index is 1.88. The minimum absolute atomic E-state index is 0.0410. The molecular weight excluding hydrogens is 356 g/mol. The van der Waals surface area contributed by atoms with Crippen LogP contribution in [0.15, 0.2) is 21.6 Å². The third-order valence-corrected chi connectivity index (χ3v) is 6.61. The van der Waals surface area contributed by atoms with E-state index in [4.69, 9.17) is 4.42 Å².